The second-order valence-electron chi connectivity index (χ2n) is 2.80. The molecule has 0 aliphatic heterocycles. The molecule has 2 aromatic rings. The number of hydrogen-bond acceptors (Lipinski definition) is 1. The van der Waals surface area contributed by atoms with E-state index in [9.17, 15) is 8.78 Å². The third-order valence-electron chi connectivity index (χ3n) is 1.88. The van der Waals surface area contributed by atoms with Crippen molar-refractivity contribution in [2.24, 2.45) is 0 Å². The molecule has 2 rings (SSSR count). The summed E-state index contributed by atoms with van der Waals surface area (Å²) in [5, 5.41) is 0.122. The van der Waals surface area contributed by atoms with Gasteiger partial charge in [0.1, 0.15) is 11.3 Å². The molecule has 0 aliphatic carbocycles. The number of fused-ring (bicyclic) bond motifs is 1. The molecular weight excluding hydrogens is 400 g/mol. The smallest absolute Gasteiger partial charge is 0.150 e. The first-order valence-electron chi connectivity index (χ1n) is 3.79. The van der Waals surface area contributed by atoms with Crippen LogP contribution >= 0.6 is 47.8 Å². The van der Waals surface area contributed by atoms with Gasteiger partial charge >= 0.3 is 0 Å². The second kappa shape index (κ2) is 4.07. The highest BCUT2D eigenvalue weighted by Crippen LogP contribution is 2.35. The second-order valence-corrected chi connectivity index (χ2v) is 5.30. The molecule has 0 atom stereocenters. The van der Waals surface area contributed by atoms with Crippen LogP contribution in [0.25, 0.3) is 10.9 Å². The number of nitrogens with zero attached hydrogens (tertiary/aromatic N) is 1. The summed E-state index contributed by atoms with van der Waals surface area (Å²) < 4.78 is 28.3. The van der Waals surface area contributed by atoms with Gasteiger partial charge in [0.05, 0.1) is 14.3 Å². The lowest BCUT2D eigenvalue weighted by Gasteiger charge is -2.06. The molecule has 0 amide bonds. The fraction of sp³-hybridized carbons (Fsp3) is 0. The standard InChI is InChI=1S/C9H2Br3F2N/c10-3-1-5(13)9-6(8(3)14)7(12)4(11)2-15-9/h1-2H. The Morgan fingerprint density at radius 1 is 1.07 bits per heavy atom. The van der Waals surface area contributed by atoms with Crippen molar-refractivity contribution >= 4 is 58.7 Å². The van der Waals surface area contributed by atoms with Crippen molar-refractivity contribution in [3.05, 3.63) is 37.3 Å². The van der Waals surface area contributed by atoms with Gasteiger partial charge in [0, 0.05) is 10.7 Å². The average Bonchev–Trinajstić information content (AvgIpc) is 2.19. The van der Waals surface area contributed by atoms with E-state index in [4.69, 9.17) is 0 Å². The molecule has 0 N–H and O–H groups in total. The Morgan fingerprint density at radius 3 is 2.40 bits per heavy atom. The van der Waals surface area contributed by atoms with Crippen LogP contribution < -0.4 is 0 Å². The summed E-state index contributed by atoms with van der Waals surface area (Å²) in [5.74, 6) is -1.10. The van der Waals surface area contributed by atoms with Gasteiger partial charge in [-0.25, -0.2) is 8.78 Å². The van der Waals surface area contributed by atoms with Crippen molar-refractivity contribution in [3.63, 3.8) is 0 Å². The van der Waals surface area contributed by atoms with Gasteiger partial charge in [0.25, 0.3) is 0 Å². The normalized spacial score (nSPS) is 11.0. The fourth-order valence-electron chi connectivity index (χ4n) is 1.21. The molecule has 0 unspecified atom stereocenters. The van der Waals surface area contributed by atoms with Crippen molar-refractivity contribution < 1.29 is 8.78 Å². The van der Waals surface area contributed by atoms with Crippen LogP contribution in [0.2, 0.25) is 0 Å². The first-order valence-corrected chi connectivity index (χ1v) is 6.17. The van der Waals surface area contributed by atoms with E-state index >= 15 is 0 Å². The van der Waals surface area contributed by atoms with Gasteiger partial charge in [-0.15, -0.1) is 0 Å². The third kappa shape index (κ3) is 1.83. The molecule has 0 aliphatic rings. The minimum absolute atomic E-state index is 0.00535. The highest BCUT2D eigenvalue weighted by molar-refractivity contribution is 9.13. The maximum atomic E-state index is 13.7. The van der Waals surface area contributed by atoms with E-state index < -0.39 is 11.6 Å². The average molecular weight is 402 g/mol. The van der Waals surface area contributed by atoms with Gasteiger partial charge in [-0.3, -0.25) is 4.98 Å². The fourth-order valence-corrected chi connectivity index (χ4v) is 2.37. The van der Waals surface area contributed by atoms with Gasteiger partial charge < -0.3 is 0 Å². The number of benzene rings is 1. The molecule has 6 heteroatoms. The van der Waals surface area contributed by atoms with E-state index in [1.54, 1.807) is 0 Å². The van der Waals surface area contributed by atoms with Gasteiger partial charge in [0.15, 0.2) is 5.82 Å². The predicted octanol–water partition coefficient (Wildman–Crippen LogP) is 4.80. The van der Waals surface area contributed by atoms with Crippen molar-refractivity contribution in [3.8, 4) is 0 Å². The minimum Gasteiger partial charge on any atom is -0.252 e. The van der Waals surface area contributed by atoms with E-state index in [0.717, 1.165) is 6.07 Å². The zero-order chi connectivity index (χ0) is 11.2. The Bertz CT molecular complexity index is 549. The van der Waals surface area contributed by atoms with Crippen molar-refractivity contribution in [1.82, 2.24) is 4.98 Å². The molecule has 1 nitrogen and oxygen atoms in total. The van der Waals surface area contributed by atoms with Crippen LogP contribution in [-0.4, -0.2) is 4.98 Å². The summed E-state index contributed by atoms with van der Waals surface area (Å²) in [4.78, 5) is 3.83. The van der Waals surface area contributed by atoms with E-state index in [1.807, 2.05) is 0 Å². The Morgan fingerprint density at radius 2 is 1.73 bits per heavy atom. The Balaban J connectivity index is 3.04. The van der Waals surface area contributed by atoms with Crippen LogP contribution in [0.4, 0.5) is 8.78 Å². The summed E-state index contributed by atoms with van der Waals surface area (Å²) in [6.07, 6.45) is 1.42. The highest BCUT2D eigenvalue weighted by Gasteiger charge is 2.16. The molecular formula is C9H2Br3F2N. The maximum absolute atomic E-state index is 13.7. The number of halogens is 5. The lowest BCUT2D eigenvalue weighted by Crippen LogP contribution is -1.91. The summed E-state index contributed by atoms with van der Waals surface area (Å²) >= 11 is 9.32. The Kier molecular flexibility index (Phi) is 3.10. The lowest BCUT2D eigenvalue weighted by molar-refractivity contribution is 0.609. The van der Waals surface area contributed by atoms with Crippen molar-refractivity contribution in [2.75, 3.05) is 0 Å². The van der Waals surface area contributed by atoms with E-state index in [2.05, 4.69) is 52.8 Å². The van der Waals surface area contributed by atoms with E-state index in [0.29, 0.717) is 8.95 Å². The van der Waals surface area contributed by atoms with Crippen molar-refractivity contribution in [1.29, 1.82) is 0 Å². The molecule has 78 valence electrons. The quantitative estimate of drug-likeness (QED) is 0.578. The van der Waals surface area contributed by atoms with Crippen LogP contribution in [0.1, 0.15) is 0 Å². The molecule has 1 aromatic carbocycles. The summed E-state index contributed by atoms with van der Waals surface area (Å²) in [6, 6.07) is 1.06. The number of pyridine rings is 1. The third-order valence-corrected chi connectivity index (χ3v) is 4.42. The molecule has 1 heterocycles. The maximum Gasteiger partial charge on any atom is 0.150 e. The summed E-state index contributed by atoms with van der Waals surface area (Å²) in [7, 11) is 0. The first-order chi connectivity index (χ1) is 7.02. The van der Waals surface area contributed by atoms with E-state index in [1.165, 1.54) is 6.20 Å². The highest BCUT2D eigenvalue weighted by atomic mass is 79.9. The predicted molar refractivity (Wildman–Crippen MR) is 64.8 cm³/mol. The van der Waals surface area contributed by atoms with Gasteiger partial charge in [-0.2, -0.15) is 0 Å². The SMILES string of the molecule is Fc1cc(Br)c(F)c2c(Br)c(Br)cnc12. The van der Waals surface area contributed by atoms with Gasteiger partial charge in [0.2, 0.25) is 0 Å². The molecule has 15 heavy (non-hydrogen) atoms. The molecule has 0 spiro atoms. The number of rotatable bonds is 0. The molecule has 0 radical (unpaired) electrons. The topological polar surface area (TPSA) is 12.9 Å². The molecule has 0 saturated heterocycles. The first kappa shape index (κ1) is 11.4. The number of aromatic nitrogens is 1. The number of hydrogen-bond donors (Lipinski definition) is 0. The largest absolute Gasteiger partial charge is 0.252 e. The van der Waals surface area contributed by atoms with E-state index in [-0.39, 0.29) is 15.4 Å². The monoisotopic (exact) mass is 399 g/mol. The van der Waals surface area contributed by atoms with Crippen molar-refractivity contribution in [2.45, 2.75) is 0 Å². The van der Waals surface area contributed by atoms with Crippen LogP contribution in [-0.2, 0) is 0 Å². The Labute approximate surface area is 109 Å². The van der Waals surface area contributed by atoms with Crippen LogP contribution in [0, 0.1) is 11.6 Å². The van der Waals surface area contributed by atoms with Gasteiger partial charge in [-0.1, -0.05) is 0 Å². The molecule has 0 bridgehead atoms. The lowest BCUT2D eigenvalue weighted by atomic mass is 10.2. The molecule has 1 aromatic heterocycles. The van der Waals surface area contributed by atoms with Crippen LogP contribution in [0.3, 0.4) is 0 Å². The zero-order valence-electron chi connectivity index (χ0n) is 6.99. The molecule has 0 saturated carbocycles. The van der Waals surface area contributed by atoms with Crippen LogP contribution in [0.5, 0.6) is 0 Å². The summed E-state index contributed by atoms with van der Waals surface area (Å²) in [5.41, 5.74) is 0.00535. The molecule has 0 fully saturated rings. The minimum atomic E-state index is -0.563. The summed E-state index contributed by atoms with van der Waals surface area (Å²) in [6.45, 7) is 0. The van der Waals surface area contributed by atoms with Gasteiger partial charge in [-0.05, 0) is 53.9 Å². The van der Waals surface area contributed by atoms with Crippen LogP contribution in [0.15, 0.2) is 25.7 Å². The Hall–Kier alpha value is -0.0700. The zero-order valence-corrected chi connectivity index (χ0v) is 11.7.